The van der Waals surface area contributed by atoms with Crippen LogP contribution >= 0.6 is 11.8 Å². The molecule has 0 aromatic carbocycles. The fourth-order valence-electron chi connectivity index (χ4n) is 1.21. The van der Waals surface area contributed by atoms with E-state index in [0.717, 1.165) is 6.42 Å². The van der Waals surface area contributed by atoms with Gasteiger partial charge in [0.25, 0.3) is 0 Å². The minimum atomic E-state index is -0.407. The van der Waals surface area contributed by atoms with Gasteiger partial charge >= 0.3 is 0 Å². The van der Waals surface area contributed by atoms with Crippen molar-refractivity contribution in [1.29, 1.82) is 5.26 Å². The predicted octanol–water partition coefficient (Wildman–Crippen LogP) is 4.21. The fourth-order valence-corrected chi connectivity index (χ4v) is 1.91. The van der Waals surface area contributed by atoms with E-state index in [1.807, 2.05) is 27.7 Å². The van der Waals surface area contributed by atoms with Crippen molar-refractivity contribution in [3.05, 3.63) is 0 Å². The van der Waals surface area contributed by atoms with Crippen LogP contribution in [-0.4, -0.2) is 10.4 Å². The quantitative estimate of drug-likeness (QED) is 0.533. The van der Waals surface area contributed by atoms with E-state index in [1.54, 1.807) is 0 Å². The number of nitriles is 1. The maximum Gasteiger partial charge on any atom is 0.138 e. The highest BCUT2D eigenvalue weighted by Gasteiger charge is 2.27. The topological polar surface area (TPSA) is 48.5 Å². The van der Waals surface area contributed by atoms with Crippen molar-refractivity contribution in [2.24, 2.45) is 16.1 Å². The molecule has 0 bridgehead atoms. The number of thiocyanates is 1. The molecule has 1 atom stereocenters. The van der Waals surface area contributed by atoms with Crippen LogP contribution in [0.2, 0.25) is 0 Å². The lowest BCUT2D eigenvalue weighted by molar-refractivity contribution is 0.442. The van der Waals surface area contributed by atoms with Crippen LogP contribution in [0.25, 0.3) is 0 Å². The third-order valence-corrected chi connectivity index (χ3v) is 2.39. The molecule has 1 unspecified atom stereocenters. The number of hydrogen-bond donors (Lipinski definition) is 0. The van der Waals surface area contributed by atoms with Crippen LogP contribution in [0.3, 0.4) is 0 Å². The SMILES string of the molecule is CC(C)CC(C)(N=NC(C)(C)C)SC#N. The first-order valence-corrected chi connectivity index (χ1v) is 6.01. The zero-order valence-corrected chi connectivity index (χ0v) is 11.4. The van der Waals surface area contributed by atoms with Gasteiger partial charge in [-0.2, -0.15) is 15.5 Å². The summed E-state index contributed by atoms with van der Waals surface area (Å²) in [5, 5.41) is 19.4. The van der Waals surface area contributed by atoms with E-state index in [9.17, 15) is 0 Å². The zero-order valence-electron chi connectivity index (χ0n) is 10.5. The molecule has 0 rings (SSSR count). The maximum atomic E-state index is 8.76. The first-order valence-electron chi connectivity index (χ1n) is 5.20. The Morgan fingerprint density at radius 3 is 2.07 bits per heavy atom. The molecule has 86 valence electrons. The van der Waals surface area contributed by atoms with Gasteiger partial charge in [-0.05, 0) is 51.8 Å². The molecular formula is C11H21N3S. The van der Waals surface area contributed by atoms with Gasteiger partial charge in [0.05, 0.1) is 5.54 Å². The van der Waals surface area contributed by atoms with Gasteiger partial charge < -0.3 is 0 Å². The van der Waals surface area contributed by atoms with E-state index in [0.29, 0.717) is 5.92 Å². The Kier molecular flexibility index (Phi) is 5.30. The fraction of sp³-hybridized carbons (Fsp3) is 0.909. The largest absolute Gasteiger partial charge is 0.187 e. The summed E-state index contributed by atoms with van der Waals surface area (Å²) in [7, 11) is 0. The summed E-state index contributed by atoms with van der Waals surface area (Å²) in [5.41, 5.74) is -0.172. The predicted molar refractivity (Wildman–Crippen MR) is 65.7 cm³/mol. The molecule has 0 aliphatic heterocycles. The van der Waals surface area contributed by atoms with Crippen molar-refractivity contribution in [1.82, 2.24) is 0 Å². The first-order chi connectivity index (χ1) is 6.68. The van der Waals surface area contributed by atoms with Gasteiger partial charge in [-0.3, -0.25) is 0 Å². The lowest BCUT2D eigenvalue weighted by Crippen LogP contribution is -2.20. The van der Waals surface area contributed by atoms with Gasteiger partial charge in [0.15, 0.2) is 0 Å². The van der Waals surface area contributed by atoms with Crippen LogP contribution in [-0.2, 0) is 0 Å². The molecule has 0 radical (unpaired) electrons. The van der Waals surface area contributed by atoms with E-state index >= 15 is 0 Å². The molecule has 4 heteroatoms. The Morgan fingerprint density at radius 2 is 1.73 bits per heavy atom. The highest BCUT2D eigenvalue weighted by molar-refractivity contribution is 8.04. The molecule has 0 aromatic heterocycles. The monoisotopic (exact) mass is 227 g/mol. The lowest BCUT2D eigenvalue weighted by Gasteiger charge is -2.23. The molecule has 0 saturated carbocycles. The van der Waals surface area contributed by atoms with Crippen molar-refractivity contribution in [3.63, 3.8) is 0 Å². The number of hydrogen-bond acceptors (Lipinski definition) is 4. The molecule has 3 nitrogen and oxygen atoms in total. The number of rotatable bonds is 4. The zero-order chi connectivity index (χ0) is 12.1. The van der Waals surface area contributed by atoms with Crippen LogP contribution in [0.15, 0.2) is 10.2 Å². The molecule has 0 saturated heterocycles. The number of thioether (sulfide) groups is 1. The Bertz CT molecular complexity index is 260. The molecular weight excluding hydrogens is 206 g/mol. The van der Waals surface area contributed by atoms with Crippen LogP contribution in [0, 0.1) is 16.6 Å². The van der Waals surface area contributed by atoms with Crippen LogP contribution in [0.5, 0.6) is 0 Å². The van der Waals surface area contributed by atoms with Gasteiger partial charge in [-0.15, -0.1) is 0 Å². The maximum absolute atomic E-state index is 8.76. The van der Waals surface area contributed by atoms with E-state index in [2.05, 4.69) is 29.5 Å². The average Bonchev–Trinajstić information content (AvgIpc) is 1.99. The van der Waals surface area contributed by atoms with E-state index in [-0.39, 0.29) is 5.54 Å². The van der Waals surface area contributed by atoms with Gasteiger partial charge in [0.1, 0.15) is 10.3 Å². The summed E-state index contributed by atoms with van der Waals surface area (Å²) in [6.07, 6.45) is 0.866. The van der Waals surface area contributed by atoms with Crippen molar-refractivity contribution < 1.29 is 0 Å². The van der Waals surface area contributed by atoms with Gasteiger partial charge in [0, 0.05) is 0 Å². The van der Waals surface area contributed by atoms with E-state index in [4.69, 9.17) is 5.26 Å². The molecule has 0 N–H and O–H groups in total. The highest BCUT2D eigenvalue weighted by Crippen LogP contribution is 2.33. The smallest absolute Gasteiger partial charge is 0.138 e. The minimum Gasteiger partial charge on any atom is -0.187 e. The third-order valence-electron chi connectivity index (χ3n) is 1.61. The number of nitrogens with zero attached hydrogens (tertiary/aromatic N) is 3. The second-order valence-corrected chi connectivity index (χ2v) is 6.60. The minimum absolute atomic E-state index is 0.172. The molecule has 0 amide bonds. The third kappa shape index (κ3) is 7.38. The summed E-state index contributed by atoms with van der Waals surface area (Å²) < 4.78 is 0. The van der Waals surface area contributed by atoms with Crippen molar-refractivity contribution in [3.8, 4) is 5.40 Å². The van der Waals surface area contributed by atoms with Crippen molar-refractivity contribution in [2.75, 3.05) is 0 Å². The Morgan fingerprint density at radius 1 is 1.20 bits per heavy atom. The molecule has 0 heterocycles. The van der Waals surface area contributed by atoms with Crippen LogP contribution in [0.1, 0.15) is 48.0 Å². The standard InChI is InChI=1S/C11H21N3S/c1-9(2)7-11(6,15-8-12)14-13-10(3,4)5/h9H,7H2,1-6H3. The highest BCUT2D eigenvalue weighted by atomic mass is 32.2. The summed E-state index contributed by atoms with van der Waals surface area (Å²) in [5.74, 6) is 0.509. The van der Waals surface area contributed by atoms with E-state index < -0.39 is 4.87 Å². The summed E-state index contributed by atoms with van der Waals surface area (Å²) in [6, 6.07) is 0. The summed E-state index contributed by atoms with van der Waals surface area (Å²) >= 11 is 1.19. The Balaban J connectivity index is 4.66. The van der Waals surface area contributed by atoms with E-state index in [1.165, 1.54) is 11.8 Å². The van der Waals surface area contributed by atoms with Crippen molar-refractivity contribution in [2.45, 2.75) is 58.4 Å². The molecule has 0 aliphatic rings. The normalized spacial score (nSPS) is 16.7. The van der Waals surface area contributed by atoms with Crippen LogP contribution < -0.4 is 0 Å². The molecule has 0 spiro atoms. The average molecular weight is 227 g/mol. The van der Waals surface area contributed by atoms with Gasteiger partial charge in [-0.1, -0.05) is 13.8 Å². The van der Waals surface area contributed by atoms with Crippen LogP contribution in [0.4, 0.5) is 0 Å². The van der Waals surface area contributed by atoms with Gasteiger partial charge in [-0.25, -0.2) is 0 Å². The molecule has 0 aliphatic carbocycles. The van der Waals surface area contributed by atoms with Gasteiger partial charge in [0.2, 0.25) is 0 Å². The number of azo groups is 1. The molecule has 15 heavy (non-hydrogen) atoms. The van der Waals surface area contributed by atoms with Crippen molar-refractivity contribution >= 4 is 11.8 Å². The summed E-state index contributed by atoms with van der Waals surface area (Å²) in [6.45, 7) is 12.2. The first kappa shape index (κ1) is 14.4. The molecule has 0 fully saturated rings. The second kappa shape index (κ2) is 5.50. The Labute approximate surface area is 97.4 Å². The second-order valence-electron chi connectivity index (χ2n) is 5.34. The molecule has 0 aromatic rings. The summed E-state index contributed by atoms with van der Waals surface area (Å²) in [4.78, 5) is -0.407. The Hall–Kier alpha value is -0.560. The lowest BCUT2D eigenvalue weighted by atomic mass is 10.1.